The number of esters is 2. The number of carbonyl (C=O) groups excluding carboxylic acids is 2. The second-order valence-corrected chi connectivity index (χ2v) is 0.983. The number of methoxy groups -OCH3 is 2. The Morgan fingerprint density at radius 1 is 1.12 bits per heavy atom. The van der Waals surface area contributed by atoms with Gasteiger partial charge in [0.15, 0.2) is 0 Å². The van der Waals surface area contributed by atoms with Crippen LogP contribution in [0.5, 0.6) is 0 Å². The molecule has 47 valence electrons. The zero-order valence-corrected chi connectivity index (χ0v) is 4.63. The highest BCUT2D eigenvalue weighted by molar-refractivity contribution is 6.29. The molecular weight excluding hydrogens is 112 g/mol. The van der Waals surface area contributed by atoms with E-state index in [9.17, 15) is 9.59 Å². The molecule has 0 unspecified atom stereocenters. The molecule has 0 rings (SSSR count). The minimum atomic E-state index is -0.979. The summed E-state index contributed by atoms with van der Waals surface area (Å²) in [6.45, 7) is 0. The number of hydrogen-bond acceptors (Lipinski definition) is 4. The molecule has 0 fully saturated rings. The van der Waals surface area contributed by atoms with Crippen molar-refractivity contribution >= 4 is 11.9 Å². The van der Waals surface area contributed by atoms with Crippen molar-refractivity contribution in [3.8, 4) is 0 Å². The highest BCUT2D eigenvalue weighted by Crippen LogP contribution is 1.75. The summed E-state index contributed by atoms with van der Waals surface area (Å²) in [7, 11) is 2.22. The summed E-state index contributed by atoms with van der Waals surface area (Å²) >= 11 is 0. The number of hydrogen-bond donors (Lipinski definition) is 0. The van der Waals surface area contributed by atoms with Crippen LogP contribution in [0.1, 0.15) is 1.43 Å². The lowest BCUT2D eigenvalue weighted by molar-refractivity contribution is -0.164. The van der Waals surface area contributed by atoms with Gasteiger partial charge in [-0.2, -0.15) is 0 Å². The van der Waals surface area contributed by atoms with Crippen LogP contribution in [0.25, 0.3) is 0 Å². The summed E-state index contributed by atoms with van der Waals surface area (Å²) in [6, 6.07) is 0. The first kappa shape index (κ1) is 6.94. The van der Waals surface area contributed by atoms with Gasteiger partial charge in [0.2, 0.25) is 0 Å². The highest BCUT2D eigenvalue weighted by atomic mass is 16.6. The van der Waals surface area contributed by atoms with Crippen molar-refractivity contribution in [2.45, 2.75) is 0 Å². The topological polar surface area (TPSA) is 52.6 Å². The van der Waals surface area contributed by atoms with E-state index in [4.69, 9.17) is 0 Å². The Balaban J connectivity index is 0. The number of carbonyl (C=O) groups is 2. The molecule has 0 atom stereocenters. The van der Waals surface area contributed by atoms with Gasteiger partial charge >= 0.3 is 11.9 Å². The average Bonchev–Trinajstić information content (AvgIpc) is 1.84. The molecule has 0 N–H and O–H groups in total. The van der Waals surface area contributed by atoms with Gasteiger partial charge < -0.3 is 9.47 Å². The maximum Gasteiger partial charge on any atom is 0.417 e. The van der Waals surface area contributed by atoms with Crippen molar-refractivity contribution in [2.75, 3.05) is 14.2 Å². The summed E-state index contributed by atoms with van der Waals surface area (Å²) in [5.41, 5.74) is 0. The first-order valence-corrected chi connectivity index (χ1v) is 1.88. The molecule has 0 aliphatic rings. The summed E-state index contributed by atoms with van der Waals surface area (Å²) in [5.74, 6) is -1.96. The lowest BCUT2D eigenvalue weighted by Crippen LogP contribution is -2.16. The number of rotatable bonds is 0. The third-order valence-electron chi connectivity index (χ3n) is 0.537. The summed E-state index contributed by atoms with van der Waals surface area (Å²) in [5, 5.41) is 0. The van der Waals surface area contributed by atoms with E-state index >= 15 is 0 Å². The second-order valence-electron chi connectivity index (χ2n) is 0.983. The molecule has 0 amide bonds. The summed E-state index contributed by atoms with van der Waals surface area (Å²) in [6.07, 6.45) is 0. The van der Waals surface area contributed by atoms with Crippen LogP contribution in [-0.2, 0) is 19.1 Å². The molecule has 0 aromatic heterocycles. The molecule has 0 aliphatic heterocycles. The molecular formula is C4H7O4. The molecule has 0 spiro atoms. The molecule has 8 heavy (non-hydrogen) atoms. The highest BCUT2D eigenvalue weighted by Gasteiger charge is 2.11. The van der Waals surface area contributed by atoms with E-state index in [1.54, 1.807) is 0 Å². The first-order chi connectivity index (χ1) is 3.72. The maximum atomic E-state index is 10.0. The Hall–Kier alpha value is -1.06. The van der Waals surface area contributed by atoms with Crippen molar-refractivity contribution < 1.29 is 20.5 Å². The van der Waals surface area contributed by atoms with E-state index in [2.05, 4.69) is 9.47 Å². The van der Waals surface area contributed by atoms with E-state index < -0.39 is 11.9 Å². The zero-order valence-electron chi connectivity index (χ0n) is 5.63. The van der Waals surface area contributed by atoms with Gasteiger partial charge in [0.1, 0.15) is 0 Å². The van der Waals surface area contributed by atoms with E-state index in [1.807, 2.05) is 0 Å². The normalized spacial score (nSPS) is 7.75. The van der Waals surface area contributed by atoms with E-state index in [1.165, 1.54) is 0 Å². The minimum absolute atomic E-state index is 0. The van der Waals surface area contributed by atoms with Crippen LogP contribution in [-0.4, -0.2) is 26.2 Å². The predicted molar refractivity (Wildman–Crippen MR) is 25.1 cm³/mol. The fraction of sp³-hybridized carbons (Fsp3) is 0.500. The zero-order chi connectivity index (χ0) is 6.57. The molecule has 4 heteroatoms. The molecule has 0 aromatic carbocycles. The molecule has 0 heterocycles. The second kappa shape index (κ2) is 3.01. The lowest BCUT2D eigenvalue weighted by atomic mass is 10.7. The monoisotopic (exact) mass is 119 g/mol. The van der Waals surface area contributed by atoms with E-state index in [0.717, 1.165) is 14.2 Å². The predicted octanol–water partition coefficient (Wildman–Crippen LogP) is -0.555. The Kier molecular flexibility index (Phi) is 2.61. The van der Waals surface area contributed by atoms with E-state index in [-0.39, 0.29) is 1.43 Å². The van der Waals surface area contributed by atoms with Gasteiger partial charge in [0.25, 0.3) is 0 Å². The quantitative estimate of drug-likeness (QED) is 0.317. The van der Waals surface area contributed by atoms with Crippen LogP contribution in [0.2, 0.25) is 0 Å². The lowest BCUT2D eigenvalue weighted by Gasteiger charge is -1.92. The standard InChI is InChI=1S/C4H6O4.H/c1-7-3(5)4(6)8-2;/h1-2H3;. The van der Waals surface area contributed by atoms with Crippen molar-refractivity contribution in [1.29, 1.82) is 0 Å². The molecule has 4 nitrogen and oxygen atoms in total. The van der Waals surface area contributed by atoms with Gasteiger partial charge in [-0.15, -0.1) is 0 Å². The Bertz CT molecular complexity index is 97.1. The van der Waals surface area contributed by atoms with Crippen molar-refractivity contribution in [2.24, 2.45) is 0 Å². The fourth-order valence-corrected chi connectivity index (χ4v) is 0.167. The van der Waals surface area contributed by atoms with Crippen LogP contribution in [0.3, 0.4) is 0 Å². The summed E-state index contributed by atoms with van der Waals surface area (Å²) in [4.78, 5) is 20.1. The van der Waals surface area contributed by atoms with E-state index in [0.29, 0.717) is 0 Å². The minimum Gasteiger partial charge on any atom is -0.461 e. The van der Waals surface area contributed by atoms with Crippen LogP contribution in [0.4, 0.5) is 0 Å². The van der Waals surface area contributed by atoms with Gasteiger partial charge in [-0.1, -0.05) is 0 Å². The molecule has 0 bridgehead atoms. The number of ether oxygens (including phenoxy) is 2. The third kappa shape index (κ3) is 1.59. The van der Waals surface area contributed by atoms with Crippen LogP contribution < -0.4 is 0 Å². The Morgan fingerprint density at radius 3 is 1.50 bits per heavy atom. The Morgan fingerprint density at radius 2 is 1.38 bits per heavy atom. The third-order valence-corrected chi connectivity index (χ3v) is 0.537. The van der Waals surface area contributed by atoms with Crippen LogP contribution >= 0.6 is 0 Å². The summed E-state index contributed by atoms with van der Waals surface area (Å²) < 4.78 is 7.98. The van der Waals surface area contributed by atoms with Crippen LogP contribution in [0, 0.1) is 0 Å². The van der Waals surface area contributed by atoms with Crippen LogP contribution in [0.15, 0.2) is 0 Å². The molecule has 0 saturated carbocycles. The van der Waals surface area contributed by atoms with Crippen molar-refractivity contribution in [3.05, 3.63) is 0 Å². The first-order valence-electron chi connectivity index (χ1n) is 1.88. The van der Waals surface area contributed by atoms with Crippen molar-refractivity contribution in [3.63, 3.8) is 0 Å². The molecule has 0 aliphatic carbocycles. The van der Waals surface area contributed by atoms with Gasteiger partial charge in [0, 0.05) is 1.43 Å². The molecule has 0 saturated heterocycles. The fourth-order valence-electron chi connectivity index (χ4n) is 0.167. The maximum absolute atomic E-state index is 10.0. The van der Waals surface area contributed by atoms with Crippen molar-refractivity contribution in [1.82, 2.24) is 0 Å². The van der Waals surface area contributed by atoms with Gasteiger partial charge in [-0.05, 0) is 0 Å². The Labute approximate surface area is 47.9 Å². The van der Waals surface area contributed by atoms with Gasteiger partial charge in [0.05, 0.1) is 14.2 Å². The molecule has 1 radical (unpaired) electrons. The van der Waals surface area contributed by atoms with Gasteiger partial charge in [-0.3, -0.25) is 0 Å². The SMILES string of the molecule is COC(=O)C(=O)OC.[H]. The average molecular weight is 119 g/mol. The smallest absolute Gasteiger partial charge is 0.417 e. The largest absolute Gasteiger partial charge is 0.461 e. The van der Waals surface area contributed by atoms with Gasteiger partial charge in [-0.25, -0.2) is 9.59 Å². The molecule has 0 aromatic rings.